The molecule has 2 N–H and O–H groups in total. The maximum absolute atomic E-state index is 12.2. The van der Waals surface area contributed by atoms with Gasteiger partial charge in [-0.3, -0.25) is 14.9 Å². The highest BCUT2D eigenvalue weighted by Gasteiger charge is 2.17. The third kappa shape index (κ3) is 5.76. The van der Waals surface area contributed by atoms with Crippen molar-refractivity contribution < 1.29 is 22.9 Å². The number of rotatable bonds is 9. The fraction of sp³-hybridized carbons (Fsp3) is 0.278. The Morgan fingerprint density at radius 3 is 2.29 bits per heavy atom. The maximum atomic E-state index is 12.2. The summed E-state index contributed by atoms with van der Waals surface area (Å²) in [6, 6.07) is 11.1. The summed E-state index contributed by atoms with van der Waals surface area (Å²) in [5.74, 6) is -0.130. The van der Waals surface area contributed by atoms with Crippen LogP contribution in [0.5, 0.6) is 5.75 Å². The highest BCUT2D eigenvalue weighted by Crippen LogP contribution is 2.19. The third-order valence-electron chi connectivity index (χ3n) is 3.70. The summed E-state index contributed by atoms with van der Waals surface area (Å²) < 4.78 is 32.0. The van der Waals surface area contributed by atoms with Gasteiger partial charge in [0.25, 0.3) is 11.6 Å². The third-order valence-corrected chi connectivity index (χ3v) is 5.18. The van der Waals surface area contributed by atoms with Gasteiger partial charge in [0.15, 0.2) is 6.10 Å². The molecule has 150 valence electrons. The van der Waals surface area contributed by atoms with Crippen LogP contribution in [0.4, 0.5) is 11.4 Å². The Bertz CT molecular complexity index is 927. The molecule has 0 bridgehead atoms. The largest absolute Gasteiger partial charge is 0.481 e. The predicted molar refractivity (Wildman–Crippen MR) is 104 cm³/mol. The van der Waals surface area contributed by atoms with E-state index in [0.717, 1.165) is 0 Å². The number of anilines is 1. The predicted octanol–water partition coefficient (Wildman–Crippen LogP) is 2.69. The lowest BCUT2D eigenvalue weighted by Gasteiger charge is -2.15. The first-order valence-electron chi connectivity index (χ1n) is 8.54. The molecule has 2 rings (SSSR count). The smallest absolute Gasteiger partial charge is 0.269 e. The van der Waals surface area contributed by atoms with Crippen molar-refractivity contribution in [2.24, 2.45) is 0 Å². The molecule has 1 amide bonds. The van der Waals surface area contributed by atoms with Crippen molar-refractivity contribution >= 4 is 27.3 Å². The second-order valence-electron chi connectivity index (χ2n) is 5.92. The summed E-state index contributed by atoms with van der Waals surface area (Å²) in [6.45, 7) is 3.74. The van der Waals surface area contributed by atoms with E-state index in [2.05, 4.69) is 10.0 Å². The summed E-state index contributed by atoms with van der Waals surface area (Å²) in [7, 11) is -3.57. The molecule has 0 heterocycles. The van der Waals surface area contributed by atoms with E-state index < -0.39 is 27.0 Å². The number of nitro benzene ring substituents is 1. The van der Waals surface area contributed by atoms with E-state index in [9.17, 15) is 23.3 Å². The van der Waals surface area contributed by atoms with E-state index >= 15 is 0 Å². The van der Waals surface area contributed by atoms with Crippen LogP contribution in [0.2, 0.25) is 0 Å². The fourth-order valence-electron chi connectivity index (χ4n) is 2.19. The highest BCUT2D eigenvalue weighted by atomic mass is 32.2. The Morgan fingerprint density at radius 2 is 1.75 bits per heavy atom. The van der Waals surface area contributed by atoms with Crippen molar-refractivity contribution in [2.45, 2.75) is 31.3 Å². The molecule has 0 saturated carbocycles. The average molecular weight is 407 g/mol. The molecule has 0 radical (unpaired) electrons. The topological polar surface area (TPSA) is 128 Å². The summed E-state index contributed by atoms with van der Waals surface area (Å²) in [4.78, 5) is 22.5. The maximum Gasteiger partial charge on any atom is 0.269 e. The number of carbonyl (C=O) groups is 1. The van der Waals surface area contributed by atoms with Crippen LogP contribution in [0.1, 0.15) is 20.3 Å². The van der Waals surface area contributed by atoms with Crippen LogP contribution in [0, 0.1) is 10.1 Å². The molecule has 0 fully saturated rings. The summed E-state index contributed by atoms with van der Waals surface area (Å²) in [6.07, 6.45) is -0.184. The van der Waals surface area contributed by atoms with Gasteiger partial charge in [-0.25, -0.2) is 13.1 Å². The number of nitro groups is 1. The quantitative estimate of drug-likeness (QED) is 0.486. The minimum atomic E-state index is -3.57. The standard InChI is InChI=1S/C18H21N3O6S/c1-3-12-19-28(25,26)17-10-4-14(5-11-17)20-18(22)13(2)27-16-8-6-15(7-9-16)21(23)24/h4-11,13,19H,3,12H2,1-2H3,(H,20,22)/t13-/m0/s1. The van der Waals surface area contributed by atoms with Crippen molar-refractivity contribution in [3.8, 4) is 5.75 Å². The molecule has 10 heteroatoms. The van der Waals surface area contributed by atoms with E-state index in [-0.39, 0.29) is 10.6 Å². The molecular weight excluding hydrogens is 386 g/mol. The molecule has 2 aromatic carbocycles. The number of nitrogens with zero attached hydrogens (tertiary/aromatic N) is 1. The first-order valence-corrected chi connectivity index (χ1v) is 10.0. The van der Waals surface area contributed by atoms with Crippen LogP contribution in [0.3, 0.4) is 0 Å². The average Bonchev–Trinajstić information content (AvgIpc) is 2.67. The van der Waals surface area contributed by atoms with E-state index in [1.165, 1.54) is 55.5 Å². The fourth-order valence-corrected chi connectivity index (χ4v) is 3.32. The van der Waals surface area contributed by atoms with Crippen molar-refractivity contribution in [1.82, 2.24) is 4.72 Å². The Kier molecular flexibility index (Phi) is 7.07. The van der Waals surface area contributed by atoms with Crippen LogP contribution < -0.4 is 14.8 Å². The molecule has 0 spiro atoms. The number of carbonyl (C=O) groups excluding carboxylic acids is 1. The van der Waals surface area contributed by atoms with Crippen molar-refractivity contribution in [3.63, 3.8) is 0 Å². The number of hydrogen-bond donors (Lipinski definition) is 2. The molecule has 28 heavy (non-hydrogen) atoms. The van der Waals surface area contributed by atoms with Crippen LogP contribution in [-0.4, -0.2) is 31.9 Å². The van der Waals surface area contributed by atoms with Crippen molar-refractivity contribution in [1.29, 1.82) is 0 Å². The number of amides is 1. The Morgan fingerprint density at radius 1 is 1.14 bits per heavy atom. The van der Waals surface area contributed by atoms with Crippen LogP contribution >= 0.6 is 0 Å². The zero-order valence-corrected chi connectivity index (χ0v) is 16.2. The number of benzene rings is 2. The second kappa shape index (κ2) is 9.29. The lowest BCUT2D eigenvalue weighted by molar-refractivity contribution is -0.384. The number of sulfonamides is 1. The summed E-state index contributed by atoms with van der Waals surface area (Å²) in [5, 5.41) is 13.3. The number of non-ortho nitro benzene ring substituents is 1. The molecule has 0 saturated heterocycles. The SMILES string of the molecule is CCCNS(=O)(=O)c1ccc(NC(=O)[C@H](C)Oc2ccc([N+](=O)[O-])cc2)cc1. The molecule has 0 aromatic heterocycles. The molecule has 0 aliphatic rings. The first-order chi connectivity index (χ1) is 13.2. The molecule has 9 nitrogen and oxygen atoms in total. The van der Waals surface area contributed by atoms with Gasteiger partial charge in [0.1, 0.15) is 5.75 Å². The van der Waals surface area contributed by atoms with Gasteiger partial charge in [0.05, 0.1) is 9.82 Å². The van der Waals surface area contributed by atoms with Gasteiger partial charge in [-0.2, -0.15) is 0 Å². The molecule has 1 atom stereocenters. The molecule has 0 unspecified atom stereocenters. The van der Waals surface area contributed by atoms with Crippen LogP contribution in [0.25, 0.3) is 0 Å². The van der Waals surface area contributed by atoms with Crippen LogP contribution in [-0.2, 0) is 14.8 Å². The number of nitrogens with one attached hydrogen (secondary N) is 2. The minimum Gasteiger partial charge on any atom is -0.481 e. The highest BCUT2D eigenvalue weighted by molar-refractivity contribution is 7.89. The molecule has 0 aliphatic heterocycles. The van der Waals surface area contributed by atoms with E-state index in [4.69, 9.17) is 4.74 Å². The van der Waals surface area contributed by atoms with Gasteiger partial charge in [-0.05, 0) is 49.7 Å². The normalized spacial score (nSPS) is 12.2. The zero-order valence-electron chi connectivity index (χ0n) is 15.4. The van der Waals surface area contributed by atoms with Gasteiger partial charge in [-0.1, -0.05) is 6.92 Å². The van der Waals surface area contributed by atoms with Crippen molar-refractivity contribution in [3.05, 3.63) is 58.6 Å². The Hall–Kier alpha value is -2.98. The summed E-state index contributed by atoms with van der Waals surface area (Å²) in [5.41, 5.74) is 0.339. The molecular formula is C18H21N3O6S. The zero-order chi connectivity index (χ0) is 20.7. The minimum absolute atomic E-state index is 0.0760. The lowest BCUT2D eigenvalue weighted by atomic mass is 10.3. The van der Waals surface area contributed by atoms with Gasteiger partial charge in [0.2, 0.25) is 10.0 Å². The van der Waals surface area contributed by atoms with E-state index in [0.29, 0.717) is 24.4 Å². The Labute approximate surface area is 162 Å². The van der Waals surface area contributed by atoms with Crippen molar-refractivity contribution in [2.75, 3.05) is 11.9 Å². The van der Waals surface area contributed by atoms with Gasteiger partial charge < -0.3 is 10.1 Å². The molecule has 0 aliphatic carbocycles. The van der Waals surface area contributed by atoms with Gasteiger partial charge >= 0.3 is 0 Å². The number of ether oxygens (including phenoxy) is 1. The molecule has 2 aromatic rings. The second-order valence-corrected chi connectivity index (χ2v) is 7.69. The van der Waals surface area contributed by atoms with Gasteiger partial charge in [-0.15, -0.1) is 0 Å². The lowest BCUT2D eigenvalue weighted by Crippen LogP contribution is -2.30. The van der Waals surface area contributed by atoms with E-state index in [1.54, 1.807) is 0 Å². The number of hydrogen-bond acceptors (Lipinski definition) is 6. The summed E-state index contributed by atoms with van der Waals surface area (Å²) >= 11 is 0. The Balaban J connectivity index is 1.97. The monoisotopic (exact) mass is 407 g/mol. The van der Waals surface area contributed by atoms with E-state index in [1.807, 2.05) is 6.92 Å². The van der Waals surface area contributed by atoms with Crippen LogP contribution in [0.15, 0.2) is 53.4 Å². The first kappa shape index (κ1) is 21.3. The van der Waals surface area contributed by atoms with Gasteiger partial charge in [0, 0.05) is 24.4 Å².